The predicted octanol–water partition coefficient (Wildman–Crippen LogP) is 2.64. The van der Waals surface area contributed by atoms with Crippen LogP contribution in [0.2, 0.25) is 0 Å². The summed E-state index contributed by atoms with van der Waals surface area (Å²) in [4.78, 5) is 10.0. The molecule has 4 nitrogen and oxygen atoms in total. The third-order valence-corrected chi connectivity index (χ3v) is 4.89. The van der Waals surface area contributed by atoms with E-state index in [1.807, 2.05) is 0 Å². The highest BCUT2D eigenvalue weighted by Crippen LogP contribution is 2.63. The Labute approximate surface area is 111 Å². The molecule has 0 fully saturated rings. The average molecular weight is 278 g/mol. The van der Waals surface area contributed by atoms with Gasteiger partial charge in [-0.3, -0.25) is 4.57 Å². The molecule has 0 aliphatic heterocycles. The Hall–Kier alpha value is -1.45. The van der Waals surface area contributed by atoms with Gasteiger partial charge in [-0.1, -0.05) is 60.7 Å². The molecule has 2 aromatic rings. The van der Waals surface area contributed by atoms with Crippen LogP contribution >= 0.6 is 7.37 Å². The number of rotatable bonds is 4. The Bertz CT molecular complexity index is 521. The lowest BCUT2D eigenvalue weighted by atomic mass is 10.2. The lowest BCUT2D eigenvalue weighted by Crippen LogP contribution is -2.07. The highest BCUT2D eigenvalue weighted by atomic mass is 31.2. The molecule has 100 valence electrons. The first-order valence-electron chi connectivity index (χ1n) is 5.81. The molecule has 0 saturated heterocycles. The van der Waals surface area contributed by atoms with Gasteiger partial charge in [-0.25, -0.2) is 0 Å². The fourth-order valence-electron chi connectivity index (χ4n) is 1.81. The van der Waals surface area contributed by atoms with Gasteiger partial charge in [-0.2, -0.15) is 0 Å². The van der Waals surface area contributed by atoms with Crippen molar-refractivity contribution in [2.24, 2.45) is 0 Å². The predicted molar refractivity (Wildman–Crippen MR) is 72.6 cm³/mol. The van der Waals surface area contributed by atoms with Crippen molar-refractivity contribution in [2.45, 2.75) is 11.7 Å². The number of aliphatic hydroxyl groups is 2. The van der Waals surface area contributed by atoms with Gasteiger partial charge in [-0.05, 0) is 11.1 Å². The number of hydrogen-bond donors (Lipinski definition) is 3. The summed E-state index contributed by atoms with van der Waals surface area (Å²) in [5.41, 5.74) is 0.617. The van der Waals surface area contributed by atoms with Crippen molar-refractivity contribution in [3.8, 4) is 0 Å². The minimum Gasteiger partial charge on any atom is -0.378 e. The zero-order chi connectivity index (χ0) is 13.9. The summed E-state index contributed by atoms with van der Waals surface area (Å²) in [5, 5.41) is 20.0. The molecule has 19 heavy (non-hydrogen) atoms. The topological polar surface area (TPSA) is 77.8 Å². The van der Waals surface area contributed by atoms with Crippen LogP contribution in [-0.4, -0.2) is 15.1 Å². The Balaban J connectivity index is 2.30. The maximum absolute atomic E-state index is 12.3. The normalized spacial score (nSPS) is 14.9. The van der Waals surface area contributed by atoms with E-state index in [9.17, 15) is 19.7 Å². The zero-order valence-electron chi connectivity index (χ0n) is 10.1. The maximum Gasteiger partial charge on any atom is 0.264 e. The molecule has 3 N–H and O–H groups in total. The van der Waals surface area contributed by atoms with Crippen LogP contribution in [0.1, 0.15) is 22.8 Å². The van der Waals surface area contributed by atoms with Crippen LogP contribution in [0, 0.1) is 0 Å². The molecule has 0 aromatic heterocycles. The van der Waals surface area contributed by atoms with E-state index in [-0.39, 0.29) is 0 Å². The van der Waals surface area contributed by atoms with Crippen LogP contribution in [0.4, 0.5) is 0 Å². The van der Waals surface area contributed by atoms with Gasteiger partial charge in [-0.15, -0.1) is 0 Å². The van der Waals surface area contributed by atoms with Gasteiger partial charge in [0.15, 0.2) is 11.7 Å². The zero-order valence-corrected chi connectivity index (χ0v) is 11.0. The van der Waals surface area contributed by atoms with Crippen LogP contribution in [-0.2, 0) is 4.57 Å². The fraction of sp³-hybridized carbons (Fsp3) is 0.143. The van der Waals surface area contributed by atoms with Gasteiger partial charge in [0.25, 0.3) is 7.37 Å². The van der Waals surface area contributed by atoms with E-state index >= 15 is 0 Å². The van der Waals surface area contributed by atoms with Gasteiger partial charge in [0, 0.05) is 0 Å². The Morgan fingerprint density at radius 3 is 1.37 bits per heavy atom. The van der Waals surface area contributed by atoms with Crippen LogP contribution in [0.5, 0.6) is 0 Å². The molecule has 2 rings (SSSR count). The minimum atomic E-state index is -4.21. The maximum atomic E-state index is 12.3. The molecule has 0 unspecified atom stereocenters. The Morgan fingerprint density at radius 1 is 0.737 bits per heavy atom. The fourth-order valence-corrected chi connectivity index (χ4v) is 3.28. The standard InChI is InChI=1S/C14H15O4P/c15-13(11-7-3-1-4-8-11)19(17,18)14(16)12-9-5-2-6-10-12/h1-10,13-16H,(H,17,18)/t13-,14-/m1/s1. The molecule has 0 heterocycles. The van der Waals surface area contributed by atoms with Crippen LogP contribution in [0.15, 0.2) is 60.7 Å². The summed E-state index contributed by atoms with van der Waals surface area (Å²) in [5.74, 6) is -3.21. The Kier molecular flexibility index (Phi) is 4.17. The third-order valence-electron chi connectivity index (χ3n) is 2.90. The summed E-state index contributed by atoms with van der Waals surface area (Å²) < 4.78 is 12.3. The summed E-state index contributed by atoms with van der Waals surface area (Å²) in [6.07, 6.45) is 0. The summed E-state index contributed by atoms with van der Waals surface area (Å²) in [6.45, 7) is 0. The molecular formula is C14H15O4P. The van der Waals surface area contributed by atoms with Crippen molar-refractivity contribution < 1.29 is 19.7 Å². The molecule has 0 aliphatic rings. The van der Waals surface area contributed by atoms with E-state index in [2.05, 4.69) is 0 Å². The van der Waals surface area contributed by atoms with Crippen LogP contribution < -0.4 is 0 Å². The second kappa shape index (κ2) is 5.68. The van der Waals surface area contributed by atoms with Crippen molar-refractivity contribution in [3.63, 3.8) is 0 Å². The largest absolute Gasteiger partial charge is 0.378 e. The highest BCUT2D eigenvalue weighted by molar-refractivity contribution is 7.58. The average Bonchev–Trinajstić information content (AvgIpc) is 2.47. The first kappa shape index (κ1) is 14.0. The van der Waals surface area contributed by atoms with Crippen molar-refractivity contribution in [1.29, 1.82) is 0 Å². The Morgan fingerprint density at radius 2 is 1.05 bits per heavy atom. The molecule has 2 atom stereocenters. The van der Waals surface area contributed by atoms with Crippen molar-refractivity contribution >= 4 is 7.37 Å². The summed E-state index contributed by atoms with van der Waals surface area (Å²) in [6, 6.07) is 16.3. The van der Waals surface area contributed by atoms with E-state index in [1.54, 1.807) is 60.7 Å². The summed E-state index contributed by atoms with van der Waals surface area (Å²) >= 11 is 0. The smallest absolute Gasteiger partial charge is 0.264 e. The third kappa shape index (κ3) is 2.94. The van der Waals surface area contributed by atoms with Gasteiger partial charge >= 0.3 is 0 Å². The van der Waals surface area contributed by atoms with E-state index in [1.165, 1.54) is 0 Å². The van der Waals surface area contributed by atoms with Gasteiger partial charge < -0.3 is 15.1 Å². The van der Waals surface area contributed by atoms with Crippen molar-refractivity contribution in [1.82, 2.24) is 0 Å². The quantitative estimate of drug-likeness (QED) is 0.751. The molecule has 0 radical (unpaired) electrons. The second-order valence-corrected chi connectivity index (χ2v) is 6.56. The number of aliphatic hydroxyl groups excluding tert-OH is 2. The van der Waals surface area contributed by atoms with Gasteiger partial charge in [0.2, 0.25) is 0 Å². The monoisotopic (exact) mass is 278 g/mol. The molecule has 0 spiro atoms. The lowest BCUT2D eigenvalue weighted by molar-refractivity contribution is 0.186. The van der Waals surface area contributed by atoms with E-state index < -0.39 is 19.1 Å². The van der Waals surface area contributed by atoms with Crippen molar-refractivity contribution in [2.75, 3.05) is 0 Å². The molecule has 0 aliphatic carbocycles. The first-order valence-corrected chi connectivity index (χ1v) is 7.61. The second-order valence-electron chi connectivity index (χ2n) is 4.24. The van der Waals surface area contributed by atoms with Crippen LogP contribution in [0.3, 0.4) is 0 Å². The minimum absolute atomic E-state index is 0.309. The summed E-state index contributed by atoms with van der Waals surface area (Å²) in [7, 11) is -4.21. The SMILES string of the molecule is O=P(O)([C@@H](O)c1ccccc1)[C@@H](O)c1ccccc1. The molecule has 2 aromatic carbocycles. The van der Waals surface area contributed by atoms with E-state index in [4.69, 9.17) is 0 Å². The first-order chi connectivity index (χ1) is 9.03. The van der Waals surface area contributed by atoms with Gasteiger partial charge in [0.1, 0.15) is 0 Å². The number of hydrogen-bond acceptors (Lipinski definition) is 3. The number of benzene rings is 2. The van der Waals surface area contributed by atoms with E-state index in [0.717, 1.165) is 0 Å². The molecule has 0 saturated carbocycles. The van der Waals surface area contributed by atoms with Crippen molar-refractivity contribution in [3.05, 3.63) is 71.8 Å². The lowest BCUT2D eigenvalue weighted by Gasteiger charge is -2.23. The molecule has 0 amide bonds. The molecular weight excluding hydrogens is 263 g/mol. The molecule has 5 heteroatoms. The van der Waals surface area contributed by atoms with Crippen LogP contribution in [0.25, 0.3) is 0 Å². The highest BCUT2D eigenvalue weighted by Gasteiger charge is 2.38. The van der Waals surface area contributed by atoms with Gasteiger partial charge in [0.05, 0.1) is 0 Å². The van der Waals surface area contributed by atoms with E-state index in [0.29, 0.717) is 11.1 Å². The molecule has 0 bridgehead atoms.